The van der Waals surface area contributed by atoms with Crippen LogP contribution in [0.3, 0.4) is 0 Å². The van der Waals surface area contributed by atoms with E-state index in [1.54, 1.807) is 6.08 Å². The summed E-state index contributed by atoms with van der Waals surface area (Å²) in [6.07, 6.45) is -2.96. The molecule has 1 fully saturated rings. The van der Waals surface area contributed by atoms with Gasteiger partial charge in [-0.25, -0.2) is 4.68 Å². The van der Waals surface area contributed by atoms with Crippen LogP contribution in [-0.2, 0) is 19.8 Å². The molecule has 0 bridgehead atoms. The van der Waals surface area contributed by atoms with Crippen molar-refractivity contribution >= 4 is 23.3 Å². The lowest BCUT2D eigenvalue weighted by atomic mass is 10.1. The molecule has 1 aromatic carbocycles. The van der Waals surface area contributed by atoms with E-state index in [1.807, 2.05) is 11.8 Å². The molecule has 1 aliphatic heterocycles. The topological polar surface area (TPSA) is 140 Å². The molecular weight excluding hydrogens is 425 g/mol. The molecule has 3 rings (SSSR count). The second-order valence-electron chi connectivity index (χ2n) is 7.74. The van der Waals surface area contributed by atoms with E-state index >= 15 is 0 Å². The van der Waals surface area contributed by atoms with E-state index in [-0.39, 0.29) is 35.3 Å². The normalized spacial score (nSPS) is 17.5. The molecule has 1 aliphatic rings. The Morgan fingerprint density at radius 2 is 2.06 bits per heavy atom. The second-order valence-corrected chi connectivity index (χ2v) is 7.74. The molecule has 2 heterocycles. The van der Waals surface area contributed by atoms with Gasteiger partial charge in [0.2, 0.25) is 0 Å². The fourth-order valence-electron chi connectivity index (χ4n) is 3.57. The third kappa shape index (κ3) is 5.07. The van der Waals surface area contributed by atoms with Gasteiger partial charge in [-0.2, -0.15) is 18.3 Å². The Bertz CT molecular complexity index is 1080. The molecule has 0 aliphatic carbocycles. The largest absolute Gasteiger partial charge is 0.416 e. The number of hydrogen-bond acceptors (Lipinski definition) is 8. The van der Waals surface area contributed by atoms with Gasteiger partial charge >= 0.3 is 6.18 Å². The van der Waals surface area contributed by atoms with Crippen LogP contribution in [-0.4, -0.2) is 40.4 Å². The van der Waals surface area contributed by atoms with Crippen molar-refractivity contribution in [2.45, 2.75) is 25.7 Å². The first-order chi connectivity index (χ1) is 15.0. The second kappa shape index (κ2) is 8.99. The minimum atomic E-state index is -4.52. The number of aromatic nitrogens is 2. The lowest BCUT2D eigenvalue weighted by molar-refractivity contribution is -0.137. The monoisotopic (exact) mass is 452 g/mol. The maximum absolute atomic E-state index is 13.1. The van der Waals surface area contributed by atoms with Crippen LogP contribution in [0.4, 0.5) is 30.4 Å². The molecule has 8 N–H and O–H groups in total. The summed E-state index contributed by atoms with van der Waals surface area (Å²) in [6, 6.07) is 3.43. The van der Waals surface area contributed by atoms with Gasteiger partial charge in [-0.15, -0.1) is 0 Å². The average Bonchev–Trinajstić information content (AvgIpc) is 2.72. The van der Waals surface area contributed by atoms with Crippen LogP contribution in [0.2, 0.25) is 0 Å². The summed E-state index contributed by atoms with van der Waals surface area (Å²) < 4.78 is 40.4. The molecule has 1 unspecified atom stereocenters. The maximum Gasteiger partial charge on any atom is 0.416 e. The molecule has 0 amide bonds. The fraction of sp³-hybridized carbons (Fsp3) is 0.400. The van der Waals surface area contributed by atoms with Crippen LogP contribution >= 0.6 is 0 Å². The number of nitrogens with one attached hydrogen (secondary N) is 2. The first kappa shape index (κ1) is 23.3. The Kier molecular flexibility index (Phi) is 6.53. The van der Waals surface area contributed by atoms with Crippen LogP contribution in [0.25, 0.3) is 6.08 Å². The maximum atomic E-state index is 13.1. The summed E-state index contributed by atoms with van der Waals surface area (Å²) >= 11 is 0. The highest BCUT2D eigenvalue weighted by Gasteiger charge is 2.31. The van der Waals surface area contributed by atoms with Crippen LogP contribution in [0.15, 0.2) is 28.8 Å². The molecule has 0 spiro atoms. The fourth-order valence-corrected chi connectivity index (χ4v) is 3.57. The Morgan fingerprint density at radius 1 is 1.34 bits per heavy atom. The van der Waals surface area contributed by atoms with Gasteiger partial charge in [-0.05, 0) is 36.8 Å². The number of alkyl halides is 3. The van der Waals surface area contributed by atoms with Gasteiger partial charge in [-0.3, -0.25) is 4.79 Å². The number of hydrogen-bond donors (Lipinski definition) is 5. The van der Waals surface area contributed by atoms with E-state index in [1.165, 1.54) is 13.1 Å². The zero-order valence-electron chi connectivity index (χ0n) is 17.8. The molecule has 2 aromatic rings. The number of nitrogens with zero attached hydrogens (tertiary/aromatic N) is 3. The van der Waals surface area contributed by atoms with Crippen molar-refractivity contribution in [3.63, 3.8) is 0 Å². The summed E-state index contributed by atoms with van der Waals surface area (Å²) in [6.45, 7) is 4.17. The number of nitrogen functional groups attached to an aromatic ring is 2. The average molecular weight is 452 g/mol. The molecule has 0 radical (unpaired) electrons. The molecule has 32 heavy (non-hydrogen) atoms. The molecule has 0 saturated carbocycles. The van der Waals surface area contributed by atoms with Crippen molar-refractivity contribution in [1.82, 2.24) is 20.0 Å². The van der Waals surface area contributed by atoms with Crippen molar-refractivity contribution in [2.75, 3.05) is 36.4 Å². The van der Waals surface area contributed by atoms with Crippen LogP contribution in [0, 0.1) is 0 Å². The van der Waals surface area contributed by atoms with E-state index in [2.05, 4.69) is 15.7 Å². The zero-order chi connectivity index (χ0) is 23.6. The van der Waals surface area contributed by atoms with E-state index in [4.69, 9.17) is 17.2 Å². The minimum Gasteiger partial charge on any atom is -0.399 e. The number of benzene rings is 1. The SMILES string of the molecule is CC1CNCCN1/C(N)=C/c1c(NCc2cc(N)cc(C(F)(F)F)c2)nn(C)c(=O)c1N. The first-order valence-electron chi connectivity index (χ1n) is 9.99. The van der Waals surface area contributed by atoms with Crippen molar-refractivity contribution in [2.24, 2.45) is 12.8 Å². The standard InChI is InChI=1S/C20H27F3N8O/c1-11-9-27-3-4-31(11)16(25)8-15-17(26)19(32)30(2)29-18(15)28-10-12-5-13(20(21,22)23)7-14(24)6-12/h5-8,11,27H,3-4,9-10,24-26H2,1-2H3,(H,28,29)/b16-8+. The third-order valence-corrected chi connectivity index (χ3v) is 5.25. The number of nitrogens with two attached hydrogens (primary N) is 3. The van der Waals surface area contributed by atoms with E-state index in [0.29, 0.717) is 17.9 Å². The summed E-state index contributed by atoms with van der Waals surface area (Å²) in [5.74, 6) is 0.624. The summed E-state index contributed by atoms with van der Waals surface area (Å²) in [7, 11) is 1.43. The van der Waals surface area contributed by atoms with Gasteiger partial charge in [0.05, 0.1) is 16.9 Å². The highest BCUT2D eigenvalue weighted by atomic mass is 19.4. The summed E-state index contributed by atoms with van der Waals surface area (Å²) in [4.78, 5) is 14.3. The minimum absolute atomic E-state index is 0.0124. The molecule has 12 heteroatoms. The van der Waals surface area contributed by atoms with Crippen molar-refractivity contribution in [1.29, 1.82) is 0 Å². The molecule has 9 nitrogen and oxygen atoms in total. The van der Waals surface area contributed by atoms with Gasteiger partial charge < -0.3 is 32.7 Å². The van der Waals surface area contributed by atoms with E-state index in [0.717, 1.165) is 29.9 Å². The van der Waals surface area contributed by atoms with Gasteiger partial charge in [0.15, 0.2) is 5.82 Å². The van der Waals surface area contributed by atoms with Gasteiger partial charge in [-0.1, -0.05) is 0 Å². The lowest BCUT2D eigenvalue weighted by Gasteiger charge is -2.35. The number of rotatable bonds is 5. The Hall–Kier alpha value is -3.41. The highest BCUT2D eigenvalue weighted by Crippen LogP contribution is 2.31. The quantitative estimate of drug-likeness (QED) is 0.425. The van der Waals surface area contributed by atoms with Crippen LogP contribution in [0.5, 0.6) is 0 Å². The number of aryl methyl sites for hydroxylation is 1. The predicted molar refractivity (Wildman–Crippen MR) is 118 cm³/mol. The van der Waals surface area contributed by atoms with E-state index in [9.17, 15) is 18.0 Å². The smallest absolute Gasteiger partial charge is 0.399 e. The predicted octanol–water partition coefficient (Wildman–Crippen LogP) is 1.13. The first-order valence-corrected chi connectivity index (χ1v) is 9.99. The highest BCUT2D eigenvalue weighted by molar-refractivity contribution is 5.74. The van der Waals surface area contributed by atoms with Crippen LogP contribution in [0.1, 0.15) is 23.6 Å². The number of anilines is 3. The molecule has 1 saturated heterocycles. The van der Waals surface area contributed by atoms with E-state index < -0.39 is 17.3 Å². The van der Waals surface area contributed by atoms with Gasteiger partial charge in [0.25, 0.3) is 5.56 Å². The van der Waals surface area contributed by atoms with Gasteiger partial charge in [0, 0.05) is 45.0 Å². The van der Waals surface area contributed by atoms with Gasteiger partial charge in [0.1, 0.15) is 5.69 Å². The summed E-state index contributed by atoms with van der Waals surface area (Å²) in [5, 5.41) is 10.4. The summed E-state index contributed by atoms with van der Waals surface area (Å²) in [5.41, 5.74) is 17.1. The lowest BCUT2D eigenvalue weighted by Crippen LogP contribution is -2.50. The molecule has 174 valence electrons. The Labute approximate surface area is 183 Å². The number of halogens is 3. The van der Waals surface area contributed by atoms with Crippen molar-refractivity contribution in [3.05, 3.63) is 51.1 Å². The number of piperazine rings is 1. The molecule has 1 aromatic heterocycles. The molecular formula is C20H27F3N8O. The zero-order valence-corrected chi connectivity index (χ0v) is 17.8. The third-order valence-electron chi connectivity index (χ3n) is 5.25. The van der Waals surface area contributed by atoms with Crippen LogP contribution < -0.4 is 33.4 Å². The Morgan fingerprint density at radius 3 is 2.72 bits per heavy atom. The van der Waals surface area contributed by atoms with Crippen molar-refractivity contribution < 1.29 is 13.2 Å². The van der Waals surface area contributed by atoms with Crippen molar-refractivity contribution in [3.8, 4) is 0 Å². The Balaban J connectivity index is 1.95. The molecule has 1 atom stereocenters.